The molecule has 5 heteroatoms. The third-order valence-corrected chi connectivity index (χ3v) is 7.28. The van der Waals surface area contributed by atoms with Gasteiger partial charge in [-0.1, -0.05) is 66.7 Å². The Balaban J connectivity index is 1.51. The molecule has 1 aliphatic carbocycles. The monoisotopic (exact) mass is 452 g/mol. The van der Waals surface area contributed by atoms with Gasteiger partial charge in [-0.15, -0.1) is 0 Å². The highest BCUT2D eigenvalue weighted by Gasteiger charge is 2.61. The molecule has 1 heterocycles. The van der Waals surface area contributed by atoms with Crippen LogP contribution < -0.4 is 0 Å². The number of rotatable bonds is 9. The molecular formula is C27H29ClO4. The van der Waals surface area contributed by atoms with Crippen LogP contribution in [0.4, 0.5) is 0 Å². The van der Waals surface area contributed by atoms with Gasteiger partial charge in [0.25, 0.3) is 0 Å². The Morgan fingerprint density at radius 3 is 2.50 bits per heavy atom. The van der Waals surface area contributed by atoms with Crippen molar-refractivity contribution >= 4 is 22.8 Å². The van der Waals surface area contributed by atoms with Crippen LogP contribution in [0.5, 0.6) is 0 Å². The molecule has 1 saturated carbocycles. The minimum absolute atomic E-state index is 0.102. The largest absolute Gasteiger partial charge is 0.469 e. The number of halogens is 1. The fourth-order valence-corrected chi connectivity index (χ4v) is 5.66. The van der Waals surface area contributed by atoms with E-state index < -0.39 is 0 Å². The Bertz CT molecular complexity index is 969. The van der Waals surface area contributed by atoms with Crippen molar-refractivity contribution in [1.29, 1.82) is 0 Å². The Labute approximate surface area is 194 Å². The van der Waals surface area contributed by atoms with Crippen LogP contribution in [0.1, 0.15) is 37.7 Å². The molecule has 2 aromatic carbocycles. The molecule has 2 bridgehead atoms. The highest BCUT2D eigenvalue weighted by molar-refractivity contribution is 6.64. The second-order valence-electron chi connectivity index (χ2n) is 8.76. The smallest absolute Gasteiger partial charge is 0.305 e. The van der Waals surface area contributed by atoms with E-state index in [0.29, 0.717) is 13.0 Å². The molecule has 2 fully saturated rings. The number of fused-ring (bicyclic) bond motifs is 2. The minimum Gasteiger partial charge on any atom is -0.469 e. The van der Waals surface area contributed by atoms with Crippen LogP contribution in [0.15, 0.2) is 66.7 Å². The third kappa shape index (κ3) is 4.53. The number of hydrogen-bond acceptors (Lipinski definition) is 4. The summed E-state index contributed by atoms with van der Waals surface area (Å²) < 4.78 is 10.7. The first-order valence-electron chi connectivity index (χ1n) is 11.2. The summed E-state index contributed by atoms with van der Waals surface area (Å²) in [6, 6.07) is 19.0. The van der Waals surface area contributed by atoms with Gasteiger partial charge in [0, 0.05) is 11.8 Å². The molecule has 32 heavy (non-hydrogen) atoms. The normalized spacial score (nSPS) is 26.5. The molecule has 4 nitrogen and oxygen atoms in total. The second-order valence-corrected chi connectivity index (χ2v) is 9.14. The number of benzene rings is 2. The van der Waals surface area contributed by atoms with Gasteiger partial charge in [-0.3, -0.25) is 9.59 Å². The molecule has 0 unspecified atom stereocenters. The third-order valence-electron chi connectivity index (χ3n) is 7.03. The first-order valence-corrected chi connectivity index (χ1v) is 11.6. The molecule has 1 aliphatic heterocycles. The van der Waals surface area contributed by atoms with Gasteiger partial charge in [0.1, 0.15) is 0 Å². The summed E-state index contributed by atoms with van der Waals surface area (Å²) in [5.41, 5.74) is 3.37. The first kappa shape index (κ1) is 22.8. The second kappa shape index (κ2) is 10.0. The van der Waals surface area contributed by atoms with Gasteiger partial charge in [-0.25, -0.2) is 0 Å². The van der Waals surface area contributed by atoms with Crippen molar-refractivity contribution < 1.29 is 19.1 Å². The van der Waals surface area contributed by atoms with Crippen LogP contribution in [0.3, 0.4) is 0 Å². The maximum Gasteiger partial charge on any atom is 0.305 e. The first-order chi connectivity index (χ1) is 15.5. The molecule has 4 rings (SSSR count). The molecule has 0 N–H and O–H groups in total. The predicted octanol–water partition coefficient (Wildman–Crippen LogP) is 5.68. The van der Waals surface area contributed by atoms with Gasteiger partial charge in [0.05, 0.1) is 25.7 Å². The van der Waals surface area contributed by atoms with E-state index in [9.17, 15) is 9.59 Å². The van der Waals surface area contributed by atoms with Crippen molar-refractivity contribution in [2.24, 2.45) is 11.8 Å². The Morgan fingerprint density at radius 1 is 1.09 bits per heavy atom. The molecule has 0 aromatic heterocycles. The van der Waals surface area contributed by atoms with Crippen molar-refractivity contribution in [1.82, 2.24) is 0 Å². The zero-order valence-corrected chi connectivity index (χ0v) is 19.1. The lowest BCUT2D eigenvalue weighted by Crippen LogP contribution is -2.41. The number of methoxy groups -OCH3 is 1. The number of carbonyl (C=O) groups excluding carboxylic acids is 2. The zero-order valence-electron chi connectivity index (χ0n) is 18.3. The topological polar surface area (TPSA) is 52.6 Å². The maximum atomic E-state index is 12.3. The fraction of sp³-hybridized carbons (Fsp3) is 0.407. The Morgan fingerprint density at radius 2 is 1.81 bits per heavy atom. The van der Waals surface area contributed by atoms with E-state index in [1.165, 1.54) is 23.8 Å². The molecule has 4 atom stereocenters. The molecule has 168 valence electrons. The number of allylic oxidation sites excluding steroid dienone is 2. The van der Waals surface area contributed by atoms with Crippen LogP contribution in [-0.4, -0.2) is 31.0 Å². The quantitative estimate of drug-likeness (QED) is 0.212. The van der Waals surface area contributed by atoms with E-state index in [1.54, 1.807) is 0 Å². The Hall–Kier alpha value is -2.43. The molecule has 0 spiro atoms. The van der Waals surface area contributed by atoms with E-state index in [1.807, 2.05) is 18.2 Å². The lowest BCUT2D eigenvalue weighted by molar-refractivity contribution is -0.140. The van der Waals surface area contributed by atoms with E-state index in [-0.39, 0.29) is 34.6 Å². The minimum atomic E-state index is -0.304. The van der Waals surface area contributed by atoms with Crippen LogP contribution in [0.25, 0.3) is 11.1 Å². The summed E-state index contributed by atoms with van der Waals surface area (Å²) >= 11 is 6.05. The van der Waals surface area contributed by atoms with Gasteiger partial charge >= 0.3 is 5.97 Å². The van der Waals surface area contributed by atoms with Gasteiger partial charge in [-0.2, -0.15) is 0 Å². The van der Waals surface area contributed by atoms with Crippen LogP contribution in [0.2, 0.25) is 0 Å². The summed E-state index contributed by atoms with van der Waals surface area (Å²) in [5.74, 6) is -0.376. The van der Waals surface area contributed by atoms with Crippen molar-refractivity contribution in [3.63, 3.8) is 0 Å². The van der Waals surface area contributed by atoms with Crippen molar-refractivity contribution in [2.45, 2.75) is 43.6 Å². The van der Waals surface area contributed by atoms with Crippen molar-refractivity contribution in [3.8, 4) is 11.1 Å². The van der Waals surface area contributed by atoms with Gasteiger partial charge in [0.2, 0.25) is 5.24 Å². The maximum absolute atomic E-state index is 12.3. The summed E-state index contributed by atoms with van der Waals surface area (Å²) in [4.78, 5) is 23.6. The number of carbonyl (C=O) groups is 2. The van der Waals surface area contributed by atoms with E-state index in [4.69, 9.17) is 16.3 Å². The summed E-state index contributed by atoms with van der Waals surface area (Å²) in [6.45, 7) is 0.615. The molecular weight excluding hydrogens is 424 g/mol. The van der Waals surface area contributed by atoms with Crippen LogP contribution >= 0.6 is 11.6 Å². The van der Waals surface area contributed by atoms with Crippen molar-refractivity contribution in [2.75, 3.05) is 13.7 Å². The van der Waals surface area contributed by atoms with Crippen LogP contribution in [0, 0.1) is 11.8 Å². The number of ether oxygens (including phenoxy) is 2. The average molecular weight is 453 g/mol. The number of hydrogen-bond donors (Lipinski definition) is 0. The molecule has 0 radical (unpaired) electrons. The van der Waals surface area contributed by atoms with E-state index >= 15 is 0 Å². The lowest BCUT2D eigenvalue weighted by Gasteiger charge is -2.38. The lowest BCUT2D eigenvalue weighted by atomic mass is 9.69. The fourth-order valence-electron chi connectivity index (χ4n) is 5.37. The highest BCUT2D eigenvalue weighted by atomic mass is 35.5. The number of unbranched alkanes of at least 4 members (excludes halogenated alkanes) is 1. The standard InChI is InChI=1S/C27H29ClO4/c1-31-24(29)12-8-3-2-7-11-22-25(26(28)30)23-17-27(22,18-32-23)21-15-13-20(14-16-21)19-9-5-4-6-10-19/h2,4-7,9-10,13-16,22-23,25H,3,8,11-12,17-18H2,1H3/b7-2-/t22-,23-,25-,27-/m0/s1. The van der Waals surface area contributed by atoms with E-state index in [2.05, 4.69) is 53.3 Å². The Kier molecular flexibility index (Phi) is 7.12. The molecule has 2 aromatic rings. The average Bonchev–Trinajstić information content (AvgIpc) is 3.40. The SMILES string of the molecule is COC(=O)CCC/C=C\C[C@H]1[C@H](C(=O)Cl)[C@@H]2C[C@@]1(c1ccc(-c3ccccc3)cc1)CO2. The zero-order chi connectivity index (χ0) is 22.6. The van der Waals surface area contributed by atoms with Gasteiger partial charge < -0.3 is 9.47 Å². The molecule has 1 saturated heterocycles. The number of esters is 1. The summed E-state index contributed by atoms with van der Waals surface area (Å²) in [6.07, 6.45) is 7.67. The highest BCUT2D eigenvalue weighted by Crippen LogP contribution is 2.57. The van der Waals surface area contributed by atoms with Crippen molar-refractivity contribution in [3.05, 3.63) is 72.3 Å². The summed E-state index contributed by atoms with van der Waals surface area (Å²) in [5, 5.41) is -0.304. The van der Waals surface area contributed by atoms with Gasteiger partial charge in [0.15, 0.2) is 0 Å². The van der Waals surface area contributed by atoms with Crippen LogP contribution in [-0.2, 0) is 24.5 Å². The predicted molar refractivity (Wildman–Crippen MR) is 125 cm³/mol. The summed E-state index contributed by atoms with van der Waals surface area (Å²) in [7, 11) is 1.41. The van der Waals surface area contributed by atoms with E-state index in [0.717, 1.165) is 25.7 Å². The molecule has 2 aliphatic rings. The van der Waals surface area contributed by atoms with Gasteiger partial charge in [-0.05, 0) is 59.9 Å². The molecule has 0 amide bonds.